The molecule has 2 aromatic carbocycles. The summed E-state index contributed by atoms with van der Waals surface area (Å²) in [6.07, 6.45) is -5.54. The first-order chi connectivity index (χ1) is 20.0. The second kappa shape index (κ2) is 10.2. The highest BCUT2D eigenvalue weighted by Crippen LogP contribution is 2.41. The van der Waals surface area contributed by atoms with E-state index in [-0.39, 0.29) is 28.8 Å². The molecule has 14 heteroatoms. The fourth-order valence-electron chi connectivity index (χ4n) is 4.57. The van der Waals surface area contributed by atoms with Crippen LogP contribution in [0.25, 0.3) is 44.9 Å². The minimum Gasteiger partial charge on any atom is -0.353 e. The van der Waals surface area contributed by atoms with Crippen LogP contribution in [-0.4, -0.2) is 30.1 Å². The number of benzene rings is 2. The van der Waals surface area contributed by atoms with Crippen molar-refractivity contribution < 1.29 is 30.9 Å². The molecule has 0 amide bonds. The lowest BCUT2D eigenvalue weighted by Crippen LogP contribution is -2.13. The van der Waals surface area contributed by atoms with Gasteiger partial charge in [-0.05, 0) is 48.0 Å². The van der Waals surface area contributed by atoms with Crippen LogP contribution in [0.15, 0.2) is 83.8 Å². The number of halogens is 7. The predicted molar refractivity (Wildman–Crippen MR) is 140 cm³/mol. The monoisotopic (exact) mass is 600 g/mol. The van der Waals surface area contributed by atoms with Crippen molar-refractivity contribution in [2.24, 2.45) is 0 Å². The summed E-state index contributed by atoms with van der Waals surface area (Å²) in [5, 5.41) is 13.3. The second-order valence-corrected chi connectivity index (χ2v) is 9.55. The van der Waals surface area contributed by atoms with Crippen LogP contribution >= 0.6 is 11.6 Å². The first-order valence-electron chi connectivity index (χ1n) is 12.1. The van der Waals surface area contributed by atoms with E-state index in [1.54, 1.807) is 42.5 Å². The van der Waals surface area contributed by atoms with Gasteiger partial charge < -0.3 is 4.52 Å². The van der Waals surface area contributed by atoms with Gasteiger partial charge in [-0.1, -0.05) is 40.2 Å². The Morgan fingerprint density at radius 2 is 1.50 bits per heavy atom. The van der Waals surface area contributed by atoms with Crippen molar-refractivity contribution in [3.05, 3.63) is 101 Å². The molecule has 6 aromatic rings. The Morgan fingerprint density at radius 1 is 0.810 bits per heavy atom. The Morgan fingerprint density at radius 3 is 2.17 bits per heavy atom. The fraction of sp³-hybridized carbons (Fsp3) is 0.107. The lowest BCUT2D eigenvalue weighted by atomic mass is 10.0. The number of hydrogen-bond acceptors (Lipinski definition) is 6. The molecule has 0 aliphatic heterocycles. The lowest BCUT2D eigenvalue weighted by Gasteiger charge is -2.15. The van der Waals surface area contributed by atoms with Gasteiger partial charge in [0, 0.05) is 34.7 Å². The normalized spacial score (nSPS) is 12.3. The van der Waals surface area contributed by atoms with E-state index in [2.05, 4.69) is 25.4 Å². The molecule has 0 aliphatic rings. The summed E-state index contributed by atoms with van der Waals surface area (Å²) in [6, 6.07) is 13.1. The Bertz CT molecular complexity index is 1880. The number of alkyl halides is 6. The number of pyridine rings is 2. The first-order valence-corrected chi connectivity index (χ1v) is 12.5. The zero-order valence-electron chi connectivity index (χ0n) is 20.9. The molecule has 0 fully saturated rings. The molecule has 0 spiro atoms. The van der Waals surface area contributed by atoms with Gasteiger partial charge in [0.15, 0.2) is 11.5 Å². The minimum absolute atomic E-state index is 0.0734. The maximum atomic E-state index is 13.5. The largest absolute Gasteiger partial charge is 0.416 e. The highest BCUT2D eigenvalue weighted by atomic mass is 35.5. The van der Waals surface area contributed by atoms with Gasteiger partial charge in [0.05, 0.1) is 28.8 Å². The SMILES string of the molecule is FC(F)(F)c1cc(Cn2nnc(-c3onc4ccnc(-c5ccccc5Cl)c34)c2-c2ccncc2)cc(C(F)(F)F)c1. The molecular formula is C28H15ClF6N6O. The van der Waals surface area contributed by atoms with E-state index in [0.717, 1.165) is 0 Å². The molecule has 0 aliphatic carbocycles. The predicted octanol–water partition coefficient (Wildman–Crippen LogP) is 7.95. The summed E-state index contributed by atoms with van der Waals surface area (Å²) in [4.78, 5) is 8.47. The first kappa shape index (κ1) is 27.4. The van der Waals surface area contributed by atoms with E-state index in [9.17, 15) is 26.3 Å². The van der Waals surface area contributed by atoms with Crippen LogP contribution in [0.5, 0.6) is 0 Å². The average molecular weight is 601 g/mol. The summed E-state index contributed by atoms with van der Waals surface area (Å²) < 4.78 is 88.0. The molecular weight excluding hydrogens is 586 g/mol. The van der Waals surface area contributed by atoms with Gasteiger partial charge in [0.1, 0.15) is 11.2 Å². The Kier molecular flexibility index (Phi) is 6.68. The molecule has 0 saturated heterocycles. The molecule has 0 unspecified atom stereocenters. The third-order valence-electron chi connectivity index (χ3n) is 6.40. The summed E-state index contributed by atoms with van der Waals surface area (Å²) in [5.41, 5.74) is -0.885. The average Bonchev–Trinajstić information content (AvgIpc) is 3.57. The van der Waals surface area contributed by atoms with E-state index in [4.69, 9.17) is 16.1 Å². The molecule has 4 aromatic heterocycles. The van der Waals surface area contributed by atoms with Crippen molar-refractivity contribution in [1.29, 1.82) is 0 Å². The van der Waals surface area contributed by atoms with Gasteiger partial charge in [-0.25, -0.2) is 4.68 Å². The number of nitrogens with zero attached hydrogens (tertiary/aromatic N) is 6. The van der Waals surface area contributed by atoms with Crippen LogP contribution in [0.2, 0.25) is 5.02 Å². The third kappa shape index (κ3) is 5.07. The molecule has 0 bridgehead atoms. The standard InChI is InChI=1S/C28H15ClF6N6O/c29-20-4-2-1-3-19(20)23-22-21(7-10-37-23)39-42-26(22)24-25(16-5-8-36-9-6-16)41(40-38-24)14-15-11-17(27(30,31)32)13-18(12-15)28(33,34)35/h1-13H,14H2. The minimum atomic E-state index is -5.00. The summed E-state index contributed by atoms with van der Waals surface area (Å²) in [6.45, 7) is -0.473. The van der Waals surface area contributed by atoms with E-state index >= 15 is 0 Å². The van der Waals surface area contributed by atoms with Gasteiger partial charge in [0.25, 0.3) is 0 Å². The molecule has 42 heavy (non-hydrogen) atoms. The van der Waals surface area contributed by atoms with Crippen LogP contribution in [0, 0.1) is 0 Å². The van der Waals surface area contributed by atoms with Crippen molar-refractivity contribution >= 4 is 22.5 Å². The number of hydrogen-bond donors (Lipinski definition) is 0. The van der Waals surface area contributed by atoms with Crippen molar-refractivity contribution in [2.45, 2.75) is 18.9 Å². The molecule has 6 rings (SSSR count). The molecule has 0 N–H and O–H groups in total. The maximum Gasteiger partial charge on any atom is 0.416 e. The quantitative estimate of drug-likeness (QED) is 0.187. The molecule has 7 nitrogen and oxygen atoms in total. The van der Waals surface area contributed by atoms with Crippen molar-refractivity contribution in [3.63, 3.8) is 0 Å². The van der Waals surface area contributed by atoms with Gasteiger partial charge in [0.2, 0.25) is 0 Å². The van der Waals surface area contributed by atoms with Crippen LogP contribution in [0.1, 0.15) is 16.7 Å². The molecule has 0 atom stereocenters. The molecule has 212 valence electrons. The van der Waals surface area contributed by atoms with E-state index in [0.29, 0.717) is 44.9 Å². The van der Waals surface area contributed by atoms with Crippen LogP contribution in [0.4, 0.5) is 26.3 Å². The Balaban J connectivity index is 1.55. The lowest BCUT2D eigenvalue weighted by molar-refractivity contribution is -0.143. The smallest absolute Gasteiger partial charge is 0.353 e. The molecule has 0 saturated carbocycles. The summed E-state index contributed by atoms with van der Waals surface area (Å²) in [7, 11) is 0. The van der Waals surface area contributed by atoms with E-state index in [1.807, 2.05) is 0 Å². The van der Waals surface area contributed by atoms with Crippen LogP contribution < -0.4 is 0 Å². The van der Waals surface area contributed by atoms with Crippen molar-refractivity contribution in [1.82, 2.24) is 30.1 Å². The van der Waals surface area contributed by atoms with E-state index < -0.39 is 30.0 Å². The van der Waals surface area contributed by atoms with Gasteiger partial charge in [-0.3, -0.25) is 9.97 Å². The van der Waals surface area contributed by atoms with Gasteiger partial charge >= 0.3 is 12.4 Å². The van der Waals surface area contributed by atoms with Crippen molar-refractivity contribution in [3.8, 4) is 34.0 Å². The Labute approximate surface area is 237 Å². The highest BCUT2D eigenvalue weighted by Gasteiger charge is 2.37. The number of fused-ring (bicyclic) bond motifs is 1. The maximum absolute atomic E-state index is 13.5. The zero-order valence-corrected chi connectivity index (χ0v) is 21.7. The Hall–Kier alpha value is -4.78. The van der Waals surface area contributed by atoms with E-state index in [1.165, 1.54) is 23.3 Å². The molecule has 4 heterocycles. The van der Waals surface area contributed by atoms with Crippen LogP contribution in [-0.2, 0) is 18.9 Å². The third-order valence-corrected chi connectivity index (χ3v) is 6.73. The number of rotatable bonds is 5. The second-order valence-electron chi connectivity index (χ2n) is 9.14. The zero-order chi connectivity index (χ0) is 29.6. The summed E-state index contributed by atoms with van der Waals surface area (Å²) in [5.74, 6) is 0.131. The van der Waals surface area contributed by atoms with Gasteiger partial charge in [-0.2, -0.15) is 26.3 Å². The topological polar surface area (TPSA) is 82.5 Å². The summed E-state index contributed by atoms with van der Waals surface area (Å²) >= 11 is 6.45. The highest BCUT2D eigenvalue weighted by molar-refractivity contribution is 6.33. The van der Waals surface area contributed by atoms with Gasteiger partial charge in [-0.15, -0.1) is 5.10 Å². The fourth-order valence-corrected chi connectivity index (χ4v) is 4.79. The van der Waals surface area contributed by atoms with Crippen molar-refractivity contribution in [2.75, 3.05) is 0 Å². The van der Waals surface area contributed by atoms with Crippen LogP contribution in [0.3, 0.4) is 0 Å². The number of aromatic nitrogens is 6. The molecule has 0 radical (unpaired) electrons.